The summed E-state index contributed by atoms with van der Waals surface area (Å²) in [6.07, 6.45) is 0. The van der Waals surface area contributed by atoms with Crippen LogP contribution >= 0.6 is 11.6 Å². The summed E-state index contributed by atoms with van der Waals surface area (Å²) in [4.78, 5) is 11.7. The molecule has 0 aliphatic carbocycles. The molecular formula is C13H19ClN2O. The van der Waals surface area contributed by atoms with Crippen molar-refractivity contribution in [3.05, 3.63) is 29.3 Å². The fourth-order valence-corrected chi connectivity index (χ4v) is 1.24. The maximum Gasteiger partial charge on any atom is 0.319 e. The summed E-state index contributed by atoms with van der Waals surface area (Å²) < 4.78 is 0. The van der Waals surface area contributed by atoms with Crippen molar-refractivity contribution in [1.29, 1.82) is 0 Å². The first-order chi connectivity index (χ1) is 7.79. The van der Waals surface area contributed by atoms with Crippen molar-refractivity contribution >= 4 is 23.3 Å². The average molecular weight is 255 g/mol. The van der Waals surface area contributed by atoms with Crippen LogP contribution in [-0.2, 0) is 0 Å². The summed E-state index contributed by atoms with van der Waals surface area (Å²) in [6, 6.07) is 6.91. The maximum atomic E-state index is 11.7. The molecule has 0 radical (unpaired) electrons. The molecule has 3 nitrogen and oxygen atoms in total. The lowest BCUT2D eigenvalue weighted by atomic mass is 9.88. The number of hydrogen-bond acceptors (Lipinski definition) is 1. The second kappa shape index (κ2) is 5.41. The largest absolute Gasteiger partial charge is 0.335 e. The Hall–Kier alpha value is -1.22. The van der Waals surface area contributed by atoms with Crippen LogP contribution in [0.15, 0.2) is 24.3 Å². The molecule has 1 rings (SSSR count). The van der Waals surface area contributed by atoms with Crippen molar-refractivity contribution in [1.82, 2.24) is 5.32 Å². The number of anilines is 1. The zero-order chi connectivity index (χ0) is 13.1. The van der Waals surface area contributed by atoms with Gasteiger partial charge in [0.15, 0.2) is 0 Å². The van der Waals surface area contributed by atoms with Gasteiger partial charge in [0.2, 0.25) is 0 Å². The standard InChI is InChI=1S/C13H19ClN2O/c1-9(13(2,3)4)15-12(17)16-11-7-5-10(14)6-8-11/h5-9H,1-4H3,(H2,15,16,17)/t9-/m1/s1. The van der Waals surface area contributed by atoms with Crippen molar-refractivity contribution in [3.8, 4) is 0 Å². The van der Waals surface area contributed by atoms with E-state index in [0.29, 0.717) is 5.02 Å². The number of amides is 2. The molecule has 0 bridgehead atoms. The maximum absolute atomic E-state index is 11.7. The Balaban J connectivity index is 2.53. The highest BCUT2D eigenvalue weighted by Crippen LogP contribution is 2.19. The molecule has 0 heterocycles. The first-order valence-electron chi connectivity index (χ1n) is 5.62. The number of benzene rings is 1. The van der Waals surface area contributed by atoms with E-state index in [-0.39, 0.29) is 17.5 Å². The number of halogens is 1. The fraction of sp³-hybridized carbons (Fsp3) is 0.462. The topological polar surface area (TPSA) is 41.1 Å². The predicted octanol–water partition coefficient (Wildman–Crippen LogP) is 3.90. The Morgan fingerprint density at radius 1 is 1.24 bits per heavy atom. The van der Waals surface area contributed by atoms with Gasteiger partial charge in [0, 0.05) is 16.8 Å². The molecule has 94 valence electrons. The first-order valence-corrected chi connectivity index (χ1v) is 6.00. The number of rotatable bonds is 2. The zero-order valence-corrected chi connectivity index (χ0v) is 11.4. The van der Waals surface area contributed by atoms with Crippen LogP contribution in [0.25, 0.3) is 0 Å². The van der Waals surface area contributed by atoms with Gasteiger partial charge in [-0.2, -0.15) is 0 Å². The lowest BCUT2D eigenvalue weighted by Crippen LogP contribution is -2.43. The lowest BCUT2D eigenvalue weighted by molar-refractivity contribution is 0.233. The van der Waals surface area contributed by atoms with Gasteiger partial charge in [-0.1, -0.05) is 32.4 Å². The van der Waals surface area contributed by atoms with Crippen LogP contribution in [0.1, 0.15) is 27.7 Å². The van der Waals surface area contributed by atoms with Crippen molar-refractivity contribution in [2.75, 3.05) is 5.32 Å². The molecule has 0 fully saturated rings. The zero-order valence-electron chi connectivity index (χ0n) is 10.7. The van der Waals surface area contributed by atoms with E-state index in [4.69, 9.17) is 11.6 Å². The second-order valence-electron chi connectivity index (χ2n) is 5.19. The van der Waals surface area contributed by atoms with Crippen LogP contribution in [0.5, 0.6) is 0 Å². The highest BCUT2D eigenvalue weighted by molar-refractivity contribution is 6.30. The van der Waals surface area contributed by atoms with Gasteiger partial charge in [-0.05, 0) is 36.6 Å². The minimum absolute atomic E-state index is 0.0390. The van der Waals surface area contributed by atoms with Crippen molar-refractivity contribution in [2.45, 2.75) is 33.7 Å². The summed E-state index contributed by atoms with van der Waals surface area (Å²) in [6.45, 7) is 8.24. The summed E-state index contributed by atoms with van der Waals surface area (Å²) in [5, 5.41) is 6.32. The molecule has 0 aliphatic heterocycles. The summed E-state index contributed by atoms with van der Waals surface area (Å²) >= 11 is 5.76. The number of nitrogens with one attached hydrogen (secondary N) is 2. The van der Waals surface area contributed by atoms with Crippen LogP contribution in [0.4, 0.5) is 10.5 Å². The van der Waals surface area contributed by atoms with Crippen molar-refractivity contribution < 1.29 is 4.79 Å². The van der Waals surface area contributed by atoms with E-state index in [2.05, 4.69) is 31.4 Å². The number of urea groups is 1. The second-order valence-corrected chi connectivity index (χ2v) is 5.63. The summed E-state index contributed by atoms with van der Waals surface area (Å²) in [7, 11) is 0. The molecular weight excluding hydrogens is 236 g/mol. The molecule has 4 heteroatoms. The molecule has 0 aromatic heterocycles. The van der Waals surface area contributed by atoms with Crippen molar-refractivity contribution in [2.24, 2.45) is 5.41 Å². The Kier molecular flexibility index (Phi) is 4.40. The molecule has 1 atom stereocenters. The smallest absolute Gasteiger partial charge is 0.319 e. The molecule has 0 aliphatic rings. The minimum atomic E-state index is -0.199. The number of carbonyl (C=O) groups is 1. The van der Waals surface area contributed by atoms with Crippen LogP contribution in [0.3, 0.4) is 0 Å². The Labute approximate surface area is 108 Å². The van der Waals surface area contributed by atoms with Crippen LogP contribution in [0.2, 0.25) is 5.02 Å². The predicted molar refractivity (Wildman–Crippen MR) is 72.5 cm³/mol. The van der Waals surface area contributed by atoms with Gasteiger partial charge in [0.1, 0.15) is 0 Å². The Bertz CT molecular complexity index is 381. The molecule has 17 heavy (non-hydrogen) atoms. The SMILES string of the molecule is C[C@@H](NC(=O)Nc1ccc(Cl)cc1)C(C)(C)C. The molecule has 0 unspecified atom stereocenters. The van der Waals surface area contributed by atoms with E-state index >= 15 is 0 Å². The Morgan fingerprint density at radius 3 is 2.24 bits per heavy atom. The first kappa shape index (κ1) is 13.8. The van der Waals surface area contributed by atoms with Gasteiger partial charge < -0.3 is 10.6 Å². The van der Waals surface area contributed by atoms with Gasteiger partial charge >= 0.3 is 6.03 Å². The average Bonchev–Trinajstić information content (AvgIpc) is 2.20. The van der Waals surface area contributed by atoms with Crippen LogP contribution < -0.4 is 10.6 Å². The molecule has 1 aromatic rings. The fourth-order valence-electron chi connectivity index (χ4n) is 1.11. The van der Waals surface area contributed by atoms with E-state index in [9.17, 15) is 4.79 Å². The molecule has 1 aromatic carbocycles. The highest BCUT2D eigenvalue weighted by Gasteiger charge is 2.21. The molecule has 0 saturated carbocycles. The van der Waals surface area contributed by atoms with Crippen molar-refractivity contribution in [3.63, 3.8) is 0 Å². The monoisotopic (exact) mass is 254 g/mol. The molecule has 0 spiro atoms. The molecule has 2 N–H and O–H groups in total. The highest BCUT2D eigenvalue weighted by atomic mass is 35.5. The summed E-state index contributed by atoms with van der Waals surface area (Å²) in [5.41, 5.74) is 0.769. The number of carbonyl (C=O) groups excluding carboxylic acids is 1. The van der Waals surface area contributed by atoms with E-state index in [0.717, 1.165) is 5.69 Å². The molecule has 0 saturated heterocycles. The summed E-state index contributed by atoms with van der Waals surface area (Å²) in [5.74, 6) is 0. The van der Waals surface area contributed by atoms with E-state index < -0.39 is 0 Å². The van der Waals surface area contributed by atoms with Gasteiger partial charge in [-0.25, -0.2) is 4.79 Å². The van der Waals surface area contributed by atoms with E-state index in [1.165, 1.54) is 0 Å². The third-order valence-electron chi connectivity index (χ3n) is 2.75. The van der Waals surface area contributed by atoms with Crippen LogP contribution in [0, 0.1) is 5.41 Å². The van der Waals surface area contributed by atoms with Gasteiger partial charge in [-0.15, -0.1) is 0 Å². The van der Waals surface area contributed by atoms with Gasteiger partial charge in [-0.3, -0.25) is 0 Å². The molecule has 2 amide bonds. The normalized spacial score (nSPS) is 13.0. The third-order valence-corrected chi connectivity index (χ3v) is 3.00. The minimum Gasteiger partial charge on any atom is -0.335 e. The van der Waals surface area contributed by atoms with Gasteiger partial charge in [0.25, 0.3) is 0 Å². The van der Waals surface area contributed by atoms with E-state index in [1.54, 1.807) is 24.3 Å². The lowest BCUT2D eigenvalue weighted by Gasteiger charge is -2.28. The Morgan fingerprint density at radius 2 is 1.76 bits per heavy atom. The van der Waals surface area contributed by atoms with Gasteiger partial charge in [0.05, 0.1) is 0 Å². The van der Waals surface area contributed by atoms with Crippen LogP contribution in [-0.4, -0.2) is 12.1 Å². The third kappa shape index (κ3) is 4.65. The van der Waals surface area contributed by atoms with E-state index in [1.807, 2.05) is 6.92 Å². The number of hydrogen-bond donors (Lipinski definition) is 2. The quantitative estimate of drug-likeness (QED) is 0.826.